The third-order valence-corrected chi connectivity index (χ3v) is 8.48. The largest absolute Gasteiger partial charge is 0.464 e. The Morgan fingerprint density at radius 3 is 2.45 bits per heavy atom. The number of nitrogens with zero attached hydrogens (tertiary/aromatic N) is 1. The van der Waals surface area contributed by atoms with Crippen LogP contribution in [0.25, 0.3) is 0 Å². The van der Waals surface area contributed by atoms with E-state index in [4.69, 9.17) is 9.47 Å². The topological polar surface area (TPSA) is 126 Å². The van der Waals surface area contributed by atoms with Crippen molar-refractivity contribution in [2.24, 2.45) is 0 Å². The molecular weight excluding hydrogens is 620 g/mol. The fourth-order valence-electron chi connectivity index (χ4n) is 5.87. The van der Waals surface area contributed by atoms with Crippen LogP contribution in [0.2, 0.25) is 0 Å². The number of rotatable bonds is 13. The van der Waals surface area contributed by atoms with Crippen LogP contribution in [0.3, 0.4) is 0 Å². The number of ether oxygens (including phenoxy) is 2. The molecule has 2 atom stereocenters. The third kappa shape index (κ3) is 11.4. The maximum Gasteiger partial charge on any atom is 0.328 e. The zero-order valence-corrected chi connectivity index (χ0v) is 29.0. The number of unbranched alkanes of at least 4 members (excludes halogenated alkanes) is 4. The number of carbonyl (C=O) groups excluding carboxylic acids is 4. The van der Waals surface area contributed by atoms with Crippen molar-refractivity contribution >= 4 is 29.5 Å². The Morgan fingerprint density at radius 2 is 1.69 bits per heavy atom. The monoisotopic (exact) mass is 670 g/mol. The standard InChI is InChI=1S/C39H50N4O6/c1-4-7-9-13-19-34-37(45)41-33(38(46)48-6-3)25-30-20-21-35(32(24-30)42-39(47)40-27-28-15-11-10-12-16-28)49-31-18-14-17-29(23-31)26-36(44)43(34)22-8-5-2/h10-12,14-18,20-21,23-24,33-34H,4-9,13,19,22,25-27H2,1-3H3,(H,41,45)(H2,40,42,47). The highest BCUT2D eigenvalue weighted by atomic mass is 16.5. The molecule has 5 rings (SSSR count). The number of nitrogens with one attached hydrogen (secondary N) is 3. The van der Waals surface area contributed by atoms with Crippen LogP contribution in [-0.2, 0) is 38.5 Å². The van der Waals surface area contributed by atoms with Gasteiger partial charge >= 0.3 is 12.0 Å². The van der Waals surface area contributed by atoms with Gasteiger partial charge in [-0.2, -0.15) is 0 Å². The van der Waals surface area contributed by atoms with Gasteiger partial charge < -0.3 is 30.3 Å². The van der Waals surface area contributed by atoms with Gasteiger partial charge in [-0.3, -0.25) is 9.59 Å². The van der Waals surface area contributed by atoms with E-state index in [0.717, 1.165) is 49.7 Å². The van der Waals surface area contributed by atoms with Gasteiger partial charge in [0.25, 0.3) is 0 Å². The minimum Gasteiger partial charge on any atom is -0.464 e. The minimum absolute atomic E-state index is 0.0763. The molecule has 10 nitrogen and oxygen atoms in total. The third-order valence-electron chi connectivity index (χ3n) is 8.48. The molecule has 49 heavy (non-hydrogen) atoms. The lowest BCUT2D eigenvalue weighted by molar-refractivity contribution is -0.148. The average molecular weight is 671 g/mol. The molecule has 0 fully saturated rings. The summed E-state index contributed by atoms with van der Waals surface area (Å²) in [5.74, 6) is -0.238. The summed E-state index contributed by atoms with van der Waals surface area (Å²) in [7, 11) is 0. The second-order valence-corrected chi connectivity index (χ2v) is 12.4. The van der Waals surface area contributed by atoms with Crippen LogP contribution in [0.15, 0.2) is 72.8 Å². The number of hydrogen-bond acceptors (Lipinski definition) is 6. The number of anilines is 1. The van der Waals surface area contributed by atoms with Crippen LogP contribution >= 0.6 is 0 Å². The lowest BCUT2D eigenvalue weighted by atomic mass is 10.0. The Balaban J connectivity index is 1.72. The maximum absolute atomic E-state index is 14.1. The normalized spacial score (nSPS) is 16.4. The predicted molar refractivity (Wildman–Crippen MR) is 190 cm³/mol. The molecule has 4 amide bonds. The van der Waals surface area contributed by atoms with E-state index in [1.54, 1.807) is 36.1 Å². The van der Waals surface area contributed by atoms with Crippen molar-refractivity contribution in [2.45, 2.75) is 97.2 Å². The molecule has 2 aliphatic heterocycles. The first kappa shape index (κ1) is 37.0. The van der Waals surface area contributed by atoms with Crippen molar-refractivity contribution in [3.8, 4) is 11.5 Å². The number of urea groups is 1. The maximum atomic E-state index is 14.1. The van der Waals surface area contributed by atoms with Crippen molar-refractivity contribution in [3.05, 3.63) is 89.5 Å². The lowest BCUT2D eigenvalue weighted by Crippen LogP contribution is -2.54. The van der Waals surface area contributed by atoms with Gasteiger partial charge in [0.1, 0.15) is 17.8 Å². The number of amides is 4. The van der Waals surface area contributed by atoms with Gasteiger partial charge in [0.05, 0.1) is 18.7 Å². The Morgan fingerprint density at radius 1 is 0.898 bits per heavy atom. The van der Waals surface area contributed by atoms with E-state index >= 15 is 0 Å². The molecule has 3 aromatic carbocycles. The number of hydrogen-bond donors (Lipinski definition) is 3. The minimum atomic E-state index is -1.01. The molecule has 0 saturated heterocycles. The fraction of sp³-hybridized carbons (Fsp3) is 0.436. The molecular formula is C39H50N4O6. The van der Waals surface area contributed by atoms with E-state index in [1.807, 2.05) is 48.5 Å². The summed E-state index contributed by atoms with van der Waals surface area (Å²) in [5, 5.41) is 8.72. The first-order valence-corrected chi connectivity index (χ1v) is 17.6. The number of fused-ring (bicyclic) bond motifs is 9. The first-order chi connectivity index (χ1) is 23.8. The van der Waals surface area contributed by atoms with Gasteiger partial charge in [-0.05, 0) is 60.7 Å². The second-order valence-electron chi connectivity index (χ2n) is 12.4. The van der Waals surface area contributed by atoms with Crippen LogP contribution in [0.5, 0.6) is 11.5 Å². The molecule has 4 bridgehead atoms. The summed E-state index contributed by atoms with van der Waals surface area (Å²) in [4.78, 5) is 56.2. The fourth-order valence-corrected chi connectivity index (χ4v) is 5.87. The summed E-state index contributed by atoms with van der Waals surface area (Å²) < 4.78 is 11.7. The number of benzene rings is 3. The lowest BCUT2D eigenvalue weighted by Gasteiger charge is -2.32. The van der Waals surface area contributed by atoms with Gasteiger partial charge in [0, 0.05) is 19.5 Å². The van der Waals surface area contributed by atoms with E-state index in [9.17, 15) is 19.2 Å². The Kier molecular flexibility index (Phi) is 14.5. The quantitative estimate of drug-likeness (QED) is 0.134. The summed E-state index contributed by atoms with van der Waals surface area (Å²) in [6.45, 7) is 6.80. The summed E-state index contributed by atoms with van der Waals surface area (Å²) in [5.41, 5.74) is 2.73. The highest BCUT2D eigenvalue weighted by Crippen LogP contribution is 2.32. The van der Waals surface area contributed by atoms with E-state index in [1.165, 1.54) is 0 Å². The van der Waals surface area contributed by atoms with E-state index in [-0.39, 0.29) is 31.3 Å². The van der Waals surface area contributed by atoms with E-state index in [0.29, 0.717) is 42.3 Å². The van der Waals surface area contributed by atoms with Crippen molar-refractivity contribution < 1.29 is 28.7 Å². The Labute approximate surface area is 289 Å². The van der Waals surface area contributed by atoms with E-state index in [2.05, 4.69) is 29.8 Å². The molecule has 0 saturated carbocycles. The van der Waals surface area contributed by atoms with Gasteiger partial charge in [0.15, 0.2) is 5.75 Å². The zero-order chi connectivity index (χ0) is 35.0. The van der Waals surface area contributed by atoms with Crippen LogP contribution < -0.4 is 20.7 Å². The summed E-state index contributed by atoms with van der Waals surface area (Å²) in [6, 6.07) is 19.9. The molecule has 3 N–H and O–H groups in total. The second kappa shape index (κ2) is 19.2. The average Bonchev–Trinajstić information content (AvgIpc) is 3.09. The molecule has 10 heteroatoms. The molecule has 0 aliphatic carbocycles. The summed E-state index contributed by atoms with van der Waals surface area (Å²) >= 11 is 0. The predicted octanol–water partition coefficient (Wildman–Crippen LogP) is 6.91. The molecule has 0 aromatic heterocycles. The van der Waals surface area contributed by atoms with Crippen molar-refractivity contribution in [1.29, 1.82) is 0 Å². The van der Waals surface area contributed by atoms with E-state index < -0.39 is 24.1 Å². The zero-order valence-electron chi connectivity index (χ0n) is 29.0. The SMILES string of the molecule is CCCCCCC1C(=O)NC(C(=O)OCC)Cc2ccc(c(NC(=O)NCc3ccccc3)c2)Oc2cccc(c2)CC(=O)N1CCCC. The van der Waals surface area contributed by atoms with Gasteiger partial charge in [-0.25, -0.2) is 9.59 Å². The van der Waals surface area contributed by atoms with Crippen molar-refractivity contribution in [2.75, 3.05) is 18.5 Å². The molecule has 2 unspecified atom stereocenters. The van der Waals surface area contributed by atoms with Gasteiger partial charge in [-0.1, -0.05) is 94.5 Å². The molecule has 0 spiro atoms. The van der Waals surface area contributed by atoms with Gasteiger partial charge in [0.2, 0.25) is 11.8 Å². The van der Waals surface area contributed by atoms with Crippen LogP contribution in [0, 0.1) is 0 Å². The van der Waals surface area contributed by atoms with Crippen LogP contribution in [-0.4, -0.2) is 54.0 Å². The Hall–Kier alpha value is -4.86. The number of esters is 1. The molecule has 0 radical (unpaired) electrons. The van der Waals surface area contributed by atoms with Crippen LogP contribution in [0.1, 0.15) is 82.4 Å². The highest BCUT2D eigenvalue weighted by Gasteiger charge is 2.33. The van der Waals surface area contributed by atoms with Gasteiger partial charge in [-0.15, -0.1) is 0 Å². The first-order valence-electron chi connectivity index (χ1n) is 17.6. The molecule has 262 valence electrons. The molecule has 2 heterocycles. The van der Waals surface area contributed by atoms with Crippen LogP contribution in [0.4, 0.5) is 10.5 Å². The van der Waals surface area contributed by atoms with Crippen molar-refractivity contribution in [3.63, 3.8) is 0 Å². The smallest absolute Gasteiger partial charge is 0.328 e. The summed E-state index contributed by atoms with van der Waals surface area (Å²) in [6.07, 6.45) is 6.07. The molecule has 2 aliphatic rings. The molecule has 3 aromatic rings. The highest BCUT2D eigenvalue weighted by molar-refractivity contribution is 5.92. The number of carbonyl (C=O) groups is 4. The Bertz CT molecular complexity index is 1550. The van der Waals surface area contributed by atoms with Crippen molar-refractivity contribution in [1.82, 2.24) is 15.5 Å².